The van der Waals surface area contributed by atoms with E-state index in [1.165, 1.54) is 12.0 Å². The maximum atomic E-state index is 12.2. The summed E-state index contributed by atoms with van der Waals surface area (Å²) in [7, 11) is 1.41. The number of furan rings is 1. The van der Waals surface area contributed by atoms with Gasteiger partial charge in [-0.05, 0) is 55.1 Å². The van der Waals surface area contributed by atoms with E-state index < -0.39 is 0 Å². The fourth-order valence-electron chi connectivity index (χ4n) is 2.88. The predicted octanol–water partition coefficient (Wildman–Crippen LogP) is 3.74. The Morgan fingerprint density at radius 1 is 1.54 bits per heavy atom. The lowest BCUT2D eigenvalue weighted by Crippen LogP contribution is -2.28. The second kappa shape index (κ2) is 7.36. The predicted molar refractivity (Wildman–Crippen MR) is 98.6 cm³/mol. The Bertz CT molecular complexity index is 737. The lowest BCUT2D eigenvalue weighted by Gasteiger charge is -2.18. The highest BCUT2D eigenvalue weighted by molar-refractivity contribution is 7.80. The first kappa shape index (κ1) is 17.0. The number of hydrogen-bond acceptors (Lipinski definition) is 5. The Hall–Kier alpha value is -1.86. The molecule has 3 rings (SSSR count). The van der Waals surface area contributed by atoms with E-state index in [2.05, 4.69) is 17.6 Å². The van der Waals surface area contributed by atoms with E-state index in [-0.39, 0.29) is 5.97 Å². The SMILES string of the molecule is COC(=O)c1c(NC(=S)NCc2ccco2)sc2c1CC[C@H](C)C2. The van der Waals surface area contributed by atoms with Gasteiger partial charge >= 0.3 is 5.97 Å². The molecule has 2 aromatic heterocycles. The minimum atomic E-state index is -0.307. The first-order valence-electron chi connectivity index (χ1n) is 7.88. The van der Waals surface area contributed by atoms with Crippen LogP contribution in [-0.2, 0) is 24.1 Å². The Labute approximate surface area is 150 Å². The molecular formula is C17H20N2O3S2. The van der Waals surface area contributed by atoms with Crippen LogP contribution in [0.4, 0.5) is 5.00 Å². The van der Waals surface area contributed by atoms with Crippen LogP contribution in [-0.4, -0.2) is 18.2 Å². The molecule has 128 valence electrons. The Morgan fingerprint density at radius 2 is 2.38 bits per heavy atom. The maximum Gasteiger partial charge on any atom is 0.341 e. The Balaban J connectivity index is 1.76. The van der Waals surface area contributed by atoms with Gasteiger partial charge in [-0.2, -0.15) is 0 Å². The van der Waals surface area contributed by atoms with Gasteiger partial charge in [0.2, 0.25) is 0 Å². The van der Waals surface area contributed by atoms with E-state index in [0.717, 1.165) is 35.6 Å². The van der Waals surface area contributed by atoms with Crippen molar-refractivity contribution < 1.29 is 13.9 Å². The molecule has 0 bridgehead atoms. The summed E-state index contributed by atoms with van der Waals surface area (Å²) >= 11 is 6.94. The van der Waals surface area contributed by atoms with Crippen LogP contribution in [0.15, 0.2) is 22.8 Å². The minimum Gasteiger partial charge on any atom is -0.467 e. The fraction of sp³-hybridized carbons (Fsp3) is 0.412. The minimum absolute atomic E-state index is 0.307. The number of anilines is 1. The lowest BCUT2D eigenvalue weighted by molar-refractivity contribution is 0.0601. The highest BCUT2D eigenvalue weighted by Crippen LogP contribution is 2.39. The molecule has 24 heavy (non-hydrogen) atoms. The zero-order valence-electron chi connectivity index (χ0n) is 13.7. The van der Waals surface area contributed by atoms with Crippen LogP contribution in [0, 0.1) is 5.92 Å². The van der Waals surface area contributed by atoms with Crippen molar-refractivity contribution in [3.05, 3.63) is 40.2 Å². The summed E-state index contributed by atoms with van der Waals surface area (Å²) in [4.78, 5) is 13.5. The molecule has 0 aliphatic heterocycles. The standard InChI is InChI=1S/C17H20N2O3S2/c1-10-5-6-12-13(8-10)24-15(14(12)16(20)21-2)19-17(23)18-9-11-4-3-7-22-11/h3-4,7,10H,5-6,8-9H2,1-2H3,(H2,18,19,23)/t10-/m0/s1. The number of hydrogen-bond donors (Lipinski definition) is 2. The van der Waals surface area contributed by atoms with Crippen LogP contribution in [0.2, 0.25) is 0 Å². The molecule has 2 heterocycles. The molecule has 0 radical (unpaired) electrons. The van der Waals surface area contributed by atoms with Gasteiger partial charge in [-0.3, -0.25) is 0 Å². The summed E-state index contributed by atoms with van der Waals surface area (Å²) < 4.78 is 10.2. The van der Waals surface area contributed by atoms with Crippen molar-refractivity contribution >= 4 is 39.6 Å². The Kier molecular flexibility index (Phi) is 5.20. The van der Waals surface area contributed by atoms with Gasteiger partial charge in [0.15, 0.2) is 5.11 Å². The number of rotatable bonds is 4. The van der Waals surface area contributed by atoms with Gasteiger partial charge in [0.25, 0.3) is 0 Å². The average Bonchev–Trinajstić information content (AvgIpc) is 3.19. The maximum absolute atomic E-state index is 12.2. The third-order valence-electron chi connectivity index (χ3n) is 4.13. The van der Waals surface area contributed by atoms with Gasteiger partial charge in [0, 0.05) is 4.88 Å². The topological polar surface area (TPSA) is 63.5 Å². The zero-order chi connectivity index (χ0) is 17.1. The van der Waals surface area contributed by atoms with E-state index in [4.69, 9.17) is 21.4 Å². The molecule has 0 aromatic carbocycles. The van der Waals surface area contributed by atoms with E-state index in [1.54, 1.807) is 17.6 Å². The second-order valence-corrected chi connectivity index (χ2v) is 7.45. The van der Waals surface area contributed by atoms with Crippen molar-refractivity contribution in [2.45, 2.75) is 32.7 Å². The number of methoxy groups -OCH3 is 1. The summed E-state index contributed by atoms with van der Waals surface area (Å²) in [5, 5.41) is 7.47. The molecule has 5 nitrogen and oxygen atoms in total. The Morgan fingerprint density at radius 3 is 3.08 bits per heavy atom. The molecule has 0 fully saturated rings. The first-order chi connectivity index (χ1) is 11.6. The highest BCUT2D eigenvalue weighted by Gasteiger charge is 2.28. The van der Waals surface area contributed by atoms with Gasteiger partial charge < -0.3 is 19.8 Å². The number of fused-ring (bicyclic) bond motifs is 1. The molecule has 0 unspecified atom stereocenters. The molecule has 0 amide bonds. The first-order valence-corrected chi connectivity index (χ1v) is 9.11. The van der Waals surface area contributed by atoms with Crippen LogP contribution in [0.5, 0.6) is 0 Å². The molecule has 7 heteroatoms. The summed E-state index contributed by atoms with van der Waals surface area (Å²) in [6.45, 7) is 2.73. The molecular weight excluding hydrogens is 344 g/mol. The fourth-order valence-corrected chi connectivity index (χ4v) is 4.53. The summed E-state index contributed by atoms with van der Waals surface area (Å²) in [6.07, 6.45) is 4.62. The van der Waals surface area contributed by atoms with E-state index in [0.29, 0.717) is 23.1 Å². The van der Waals surface area contributed by atoms with E-state index in [9.17, 15) is 4.79 Å². The number of thiophene rings is 1. The van der Waals surface area contributed by atoms with Crippen LogP contribution in [0.25, 0.3) is 0 Å². The molecule has 1 atom stereocenters. The van der Waals surface area contributed by atoms with Crippen LogP contribution >= 0.6 is 23.6 Å². The molecule has 1 aliphatic carbocycles. The zero-order valence-corrected chi connectivity index (χ0v) is 15.3. The molecule has 1 aliphatic rings. The summed E-state index contributed by atoms with van der Waals surface area (Å²) in [5.74, 6) is 1.13. The molecule has 2 N–H and O–H groups in total. The number of carbonyl (C=O) groups excluding carboxylic acids is 1. The smallest absolute Gasteiger partial charge is 0.341 e. The van der Waals surface area contributed by atoms with Crippen molar-refractivity contribution in [2.75, 3.05) is 12.4 Å². The highest BCUT2D eigenvalue weighted by atomic mass is 32.1. The van der Waals surface area contributed by atoms with Crippen molar-refractivity contribution in [3.8, 4) is 0 Å². The van der Waals surface area contributed by atoms with Gasteiger partial charge in [-0.1, -0.05) is 6.92 Å². The van der Waals surface area contributed by atoms with Crippen molar-refractivity contribution in [3.63, 3.8) is 0 Å². The third kappa shape index (κ3) is 3.62. The monoisotopic (exact) mass is 364 g/mol. The van der Waals surface area contributed by atoms with Crippen molar-refractivity contribution in [1.29, 1.82) is 0 Å². The van der Waals surface area contributed by atoms with Gasteiger partial charge in [0.05, 0.1) is 25.5 Å². The van der Waals surface area contributed by atoms with Crippen molar-refractivity contribution in [1.82, 2.24) is 5.32 Å². The normalized spacial score (nSPS) is 16.3. The number of thiocarbonyl (C=S) groups is 1. The third-order valence-corrected chi connectivity index (χ3v) is 5.55. The number of nitrogens with one attached hydrogen (secondary N) is 2. The van der Waals surface area contributed by atoms with Gasteiger partial charge in [-0.15, -0.1) is 11.3 Å². The molecule has 2 aromatic rings. The van der Waals surface area contributed by atoms with Crippen LogP contribution in [0.3, 0.4) is 0 Å². The summed E-state index contributed by atoms with van der Waals surface area (Å²) in [6, 6.07) is 3.71. The molecule has 0 spiro atoms. The van der Waals surface area contributed by atoms with Gasteiger partial charge in [-0.25, -0.2) is 4.79 Å². The van der Waals surface area contributed by atoms with Crippen LogP contribution in [0.1, 0.15) is 39.9 Å². The largest absolute Gasteiger partial charge is 0.467 e. The number of carbonyl (C=O) groups is 1. The number of ether oxygens (including phenoxy) is 1. The average molecular weight is 364 g/mol. The second-order valence-electron chi connectivity index (χ2n) is 5.93. The van der Waals surface area contributed by atoms with E-state index >= 15 is 0 Å². The van der Waals surface area contributed by atoms with Crippen molar-refractivity contribution in [2.24, 2.45) is 5.92 Å². The number of esters is 1. The lowest BCUT2D eigenvalue weighted by atomic mass is 9.88. The molecule has 0 saturated carbocycles. The quantitative estimate of drug-likeness (QED) is 0.636. The van der Waals surface area contributed by atoms with Gasteiger partial charge in [0.1, 0.15) is 10.8 Å². The molecule has 0 saturated heterocycles. The van der Waals surface area contributed by atoms with Crippen LogP contribution < -0.4 is 10.6 Å². The summed E-state index contributed by atoms with van der Waals surface area (Å²) in [5.41, 5.74) is 1.74. The van der Waals surface area contributed by atoms with E-state index in [1.807, 2.05) is 12.1 Å².